The minimum atomic E-state index is -0.425. The lowest BCUT2D eigenvalue weighted by Gasteiger charge is -2.13. The molecule has 0 fully saturated rings. The number of amidine groups is 1. The van der Waals surface area contributed by atoms with Crippen LogP contribution in [0.25, 0.3) is 0 Å². The third kappa shape index (κ3) is 4.64. The van der Waals surface area contributed by atoms with Crippen molar-refractivity contribution in [2.45, 2.75) is 33.5 Å². The molecule has 6 nitrogen and oxygen atoms in total. The molecule has 150 valence electrons. The maximum Gasteiger partial charge on any atom is 0.202 e. The molecule has 0 aliphatic carbocycles. The quantitative estimate of drug-likeness (QED) is 0.751. The van der Waals surface area contributed by atoms with E-state index >= 15 is 0 Å². The summed E-state index contributed by atoms with van der Waals surface area (Å²) in [6.45, 7) is 8.07. The second-order valence-electron chi connectivity index (χ2n) is 7.01. The maximum absolute atomic E-state index is 5.73. The molecule has 0 amide bonds. The molecule has 1 unspecified atom stereocenters. The lowest BCUT2D eigenvalue weighted by molar-refractivity contribution is 0.0375. The van der Waals surface area contributed by atoms with Gasteiger partial charge in [0, 0.05) is 17.7 Å². The fourth-order valence-corrected chi connectivity index (χ4v) is 3.22. The van der Waals surface area contributed by atoms with E-state index < -0.39 is 6.23 Å². The molecule has 1 heterocycles. The molecule has 0 saturated heterocycles. The van der Waals surface area contributed by atoms with Crippen molar-refractivity contribution >= 4 is 5.84 Å². The first-order valence-electron chi connectivity index (χ1n) is 9.65. The van der Waals surface area contributed by atoms with Gasteiger partial charge in [-0.05, 0) is 58.1 Å². The van der Waals surface area contributed by atoms with Gasteiger partial charge in [-0.25, -0.2) is 15.3 Å². The van der Waals surface area contributed by atoms with Crippen molar-refractivity contribution in [2.24, 2.45) is 4.99 Å². The highest BCUT2D eigenvalue weighted by molar-refractivity contribution is 6.00. The van der Waals surface area contributed by atoms with Gasteiger partial charge < -0.3 is 14.4 Å². The van der Waals surface area contributed by atoms with Crippen molar-refractivity contribution in [1.29, 1.82) is 0 Å². The molecular weight excluding hydrogens is 354 g/mol. The van der Waals surface area contributed by atoms with Crippen LogP contribution in [-0.4, -0.2) is 38.0 Å². The van der Waals surface area contributed by atoms with Crippen LogP contribution in [0, 0.1) is 6.92 Å². The Morgan fingerprint density at radius 2 is 1.79 bits per heavy atom. The van der Waals surface area contributed by atoms with Crippen molar-refractivity contribution in [3.63, 3.8) is 0 Å². The van der Waals surface area contributed by atoms with Gasteiger partial charge in [0.25, 0.3) is 0 Å². The molecule has 2 aromatic rings. The summed E-state index contributed by atoms with van der Waals surface area (Å²) in [6.07, 6.45) is -0.425. The Kier molecular flexibility index (Phi) is 6.54. The van der Waals surface area contributed by atoms with E-state index in [9.17, 15) is 0 Å². The van der Waals surface area contributed by atoms with Crippen LogP contribution in [-0.2, 0) is 11.4 Å². The molecule has 1 aliphatic heterocycles. The highest BCUT2D eigenvalue weighted by Crippen LogP contribution is 2.33. The van der Waals surface area contributed by atoms with Crippen molar-refractivity contribution in [2.75, 3.05) is 27.3 Å². The van der Waals surface area contributed by atoms with E-state index in [1.807, 2.05) is 32.0 Å². The van der Waals surface area contributed by atoms with Crippen LogP contribution < -0.4 is 15.0 Å². The van der Waals surface area contributed by atoms with Crippen LogP contribution in [0.2, 0.25) is 0 Å². The molecule has 6 heteroatoms. The standard InChI is InChI=1S/C22H29N3O3/c1-6-26-19-11-9-17(13-20(19)27-7-2)22-23-21(24-28-22)18-10-8-16(12-15(18)3)14-25(4)5/h8-13,22H,6-7,14H2,1-5H3,(H,23,24). The Hall–Kier alpha value is -2.57. The van der Waals surface area contributed by atoms with Crippen molar-refractivity contribution in [1.82, 2.24) is 10.4 Å². The van der Waals surface area contributed by atoms with Crippen LogP contribution in [0.1, 0.15) is 42.3 Å². The van der Waals surface area contributed by atoms with E-state index in [2.05, 4.69) is 49.6 Å². The Balaban J connectivity index is 1.82. The zero-order valence-electron chi connectivity index (χ0n) is 17.3. The van der Waals surface area contributed by atoms with Gasteiger partial charge >= 0.3 is 0 Å². The Labute approximate surface area is 167 Å². The third-order valence-corrected chi connectivity index (χ3v) is 4.41. The lowest BCUT2D eigenvalue weighted by Crippen LogP contribution is -2.19. The predicted molar refractivity (Wildman–Crippen MR) is 111 cm³/mol. The van der Waals surface area contributed by atoms with Gasteiger partial charge in [0.2, 0.25) is 6.23 Å². The summed E-state index contributed by atoms with van der Waals surface area (Å²) >= 11 is 0. The Bertz CT molecular complexity index is 849. The maximum atomic E-state index is 5.73. The number of aliphatic imine (C=N–C) groups is 1. The normalized spacial score (nSPS) is 16.1. The fraction of sp³-hybridized carbons (Fsp3) is 0.409. The highest BCUT2D eigenvalue weighted by Gasteiger charge is 2.23. The third-order valence-electron chi connectivity index (χ3n) is 4.41. The first kappa shape index (κ1) is 20.2. The number of nitrogens with one attached hydrogen (secondary N) is 1. The molecule has 0 radical (unpaired) electrons. The molecule has 2 aromatic carbocycles. The average molecular weight is 383 g/mol. The average Bonchev–Trinajstić information content (AvgIpc) is 3.13. The number of aryl methyl sites for hydroxylation is 1. The smallest absolute Gasteiger partial charge is 0.202 e. The van der Waals surface area contributed by atoms with Crippen LogP contribution in [0.4, 0.5) is 0 Å². The molecule has 0 saturated carbocycles. The fourth-order valence-electron chi connectivity index (χ4n) is 3.22. The van der Waals surface area contributed by atoms with E-state index in [-0.39, 0.29) is 0 Å². The van der Waals surface area contributed by atoms with Crippen LogP contribution >= 0.6 is 0 Å². The van der Waals surface area contributed by atoms with Gasteiger partial charge in [-0.1, -0.05) is 24.3 Å². The van der Waals surface area contributed by atoms with Gasteiger partial charge in [-0.3, -0.25) is 0 Å². The van der Waals surface area contributed by atoms with Crippen molar-refractivity contribution < 1.29 is 14.3 Å². The molecule has 1 N–H and O–H groups in total. The van der Waals surface area contributed by atoms with Gasteiger partial charge in [-0.2, -0.15) is 0 Å². The first-order chi connectivity index (χ1) is 13.5. The van der Waals surface area contributed by atoms with Gasteiger partial charge in [0.1, 0.15) is 0 Å². The summed E-state index contributed by atoms with van der Waals surface area (Å²) in [4.78, 5) is 12.6. The Morgan fingerprint density at radius 1 is 1.04 bits per heavy atom. The summed E-state index contributed by atoms with van der Waals surface area (Å²) in [5.74, 6) is 2.18. The summed E-state index contributed by atoms with van der Waals surface area (Å²) in [5.41, 5.74) is 7.37. The number of hydroxylamine groups is 1. The molecule has 1 aliphatic rings. The Morgan fingerprint density at radius 3 is 2.46 bits per heavy atom. The van der Waals surface area contributed by atoms with Gasteiger partial charge in [0.05, 0.1) is 13.2 Å². The number of hydrogen-bond donors (Lipinski definition) is 1. The second-order valence-corrected chi connectivity index (χ2v) is 7.01. The van der Waals surface area contributed by atoms with E-state index in [1.54, 1.807) is 0 Å². The summed E-state index contributed by atoms with van der Waals surface area (Å²) in [5, 5.41) is 0. The van der Waals surface area contributed by atoms with Crippen LogP contribution in [0.5, 0.6) is 11.5 Å². The zero-order chi connectivity index (χ0) is 20.1. The number of hydrogen-bond acceptors (Lipinski definition) is 6. The lowest BCUT2D eigenvalue weighted by atomic mass is 10.0. The van der Waals surface area contributed by atoms with Crippen LogP contribution in [0.3, 0.4) is 0 Å². The molecule has 28 heavy (non-hydrogen) atoms. The van der Waals surface area contributed by atoms with Crippen molar-refractivity contribution in [3.8, 4) is 11.5 Å². The zero-order valence-corrected chi connectivity index (χ0v) is 17.3. The molecule has 0 aromatic heterocycles. The second kappa shape index (κ2) is 9.08. The number of nitrogens with zero attached hydrogens (tertiary/aromatic N) is 2. The van der Waals surface area contributed by atoms with E-state index in [0.717, 1.165) is 34.8 Å². The summed E-state index contributed by atoms with van der Waals surface area (Å²) in [7, 11) is 4.13. The van der Waals surface area contributed by atoms with E-state index in [1.165, 1.54) is 5.56 Å². The van der Waals surface area contributed by atoms with Gasteiger partial charge in [0.15, 0.2) is 17.3 Å². The first-order valence-corrected chi connectivity index (χ1v) is 9.65. The monoisotopic (exact) mass is 383 g/mol. The number of rotatable bonds is 8. The SMILES string of the molecule is CCOc1ccc(C2N=C(c3ccc(CN(C)C)cc3C)NO2)cc1OCC. The minimum absolute atomic E-state index is 0.425. The van der Waals surface area contributed by atoms with E-state index in [4.69, 9.17) is 19.3 Å². The van der Waals surface area contributed by atoms with E-state index in [0.29, 0.717) is 19.0 Å². The largest absolute Gasteiger partial charge is 0.490 e. The predicted octanol–water partition coefficient (Wildman–Crippen LogP) is 3.83. The topological polar surface area (TPSA) is 55.3 Å². The molecular formula is C22H29N3O3. The number of ether oxygens (including phenoxy) is 2. The molecule has 1 atom stereocenters. The molecule has 0 bridgehead atoms. The number of benzene rings is 2. The van der Waals surface area contributed by atoms with Crippen molar-refractivity contribution in [3.05, 3.63) is 58.7 Å². The van der Waals surface area contributed by atoms with Gasteiger partial charge in [-0.15, -0.1) is 0 Å². The van der Waals surface area contributed by atoms with Crippen LogP contribution in [0.15, 0.2) is 41.4 Å². The summed E-state index contributed by atoms with van der Waals surface area (Å²) in [6, 6.07) is 12.2. The minimum Gasteiger partial charge on any atom is -0.490 e. The molecule has 3 rings (SSSR count). The molecule has 0 spiro atoms. The summed E-state index contributed by atoms with van der Waals surface area (Å²) < 4.78 is 11.3. The highest BCUT2D eigenvalue weighted by atomic mass is 16.7.